The zero-order valence-electron chi connectivity index (χ0n) is 14.6. The minimum atomic E-state index is -0.310. The molecule has 1 atom stereocenters. The average molecular weight is 355 g/mol. The molecule has 26 heavy (non-hydrogen) atoms. The summed E-state index contributed by atoms with van der Waals surface area (Å²) in [5, 5.41) is 0. The summed E-state index contributed by atoms with van der Waals surface area (Å²) in [6.45, 7) is 1.92. The Morgan fingerprint density at radius 2 is 2.00 bits per heavy atom. The molecule has 2 fully saturated rings. The first-order chi connectivity index (χ1) is 12.5. The minimum absolute atomic E-state index is 0.0530. The Morgan fingerprint density at radius 3 is 2.73 bits per heavy atom. The van der Waals surface area contributed by atoms with Crippen LogP contribution < -0.4 is 4.90 Å². The Balaban J connectivity index is 1.38. The van der Waals surface area contributed by atoms with Crippen LogP contribution in [0, 0.1) is 11.2 Å². The van der Waals surface area contributed by atoms with Crippen LogP contribution in [0.15, 0.2) is 42.6 Å². The predicted molar refractivity (Wildman–Crippen MR) is 96.1 cm³/mol. The summed E-state index contributed by atoms with van der Waals surface area (Å²) in [6, 6.07) is 9.94. The topological polar surface area (TPSA) is 56.4 Å². The Hall–Kier alpha value is -2.63. The fraction of sp³-hybridized carbons (Fsp3) is 0.400. The number of aryl methyl sites for hydroxylation is 1. The van der Waals surface area contributed by atoms with Crippen molar-refractivity contribution in [1.29, 1.82) is 0 Å². The molecular formula is C20H22FN3O2. The van der Waals surface area contributed by atoms with Gasteiger partial charge in [0.1, 0.15) is 5.82 Å². The Kier molecular flexibility index (Phi) is 4.26. The van der Waals surface area contributed by atoms with Crippen LogP contribution in [0.4, 0.5) is 10.1 Å². The smallest absolute Gasteiger partial charge is 0.227 e. The standard InChI is InChI=1S/C20H22FN3O2/c21-15-3-6-17(7-4-15)24-14-20(12-19(24)26)9-11-23(13-20)18(25)8-5-16-2-1-10-22-16/h1-4,6-7,10,22H,5,8-9,11-14H2. The van der Waals surface area contributed by atoms with Gasteiger partial charge in [-0.05, 0) is 49.2 Å². The SMILES string of the molecule is O=C(CCc1ccc[nH]1)N1CCC2(CC(=O)N(c3ccc(F)cc3)C2)C1. The zero-order valence-corrected chi connectivity index (χ0v) is 14.6. The number of nitrogens with zero attached hydrogens (tertiary/aromatic N) is 2. The molecule has 0 aliphatic carbocycles. The number of aromatic amines is 1. The minimum Gasteiger partial charge on any atom is -0.365 e. The number of carbonyl (C=O) groups excluding carboxylic acids is 2. The normalized spacial score (nSPS) is 22.6. The van der Waals surface area contributed by atoms with E-state index < -0.39 is 0 Å². The molecule has 0 saturated carbocycles. The molecule has 1 unspecified atom stereocenters. The van der Waals surface area contributed by atoms with E-state index in [-0.39, 0.29) is 23.0 Å². The highest BCUT2D eigenvalue weighted by Gasteiger charge is 2.48. The van der Waals surface area contributed by atoms with Crippen molar-refractivity contribution in [1.82, 2.24) is 9.88 Å². The molecule has 5 nitrogen and oxygen atoms in total. The summed E-state index contributed by atoms with van der Waals surface area (Å²) in [4.78, 5) is 31.8. The highest BCUT2D eigenvalue weighted by atomic mass is 19.1. The second-order valence-corrected chi connectivity index (χ2v) is 7.39. The molecule has 2 amide bonds. The quantitative estimate of drug-likeness (QED) is 0.917. The average Bonchev–Trinajstić information content (AvgIpc) is 3.35. The molecule has 1 spiro atoms. The fourth-order valence-electron chi connectivity index (χ4n) is 4.10. The number of amides is 2. The van der Waals surface area contributed by atoms with Gasteiger partial charge in [0.25, 0.3) is 0 Å². The van der Waals surface area contributed by atoms with E-state index in [2.05, 4.69) is 4.98 Å². The Labute approximate surface area is 151 Å². The lowest BCUT2D eigenvalue weighted by molar-refractivity contribution is -0.130. The third kappa shape index (κ3) is 3.23. The largest absolute Gasteiger partial charge is 0.365 e. The number of hydrogen-bond donors (Lipinski definition) is 1. The number of hydrogen-bond acceptors (Lipinski definition) is 2. The van der Waals surface area contributed by atoms with Crippen molar-refractivity contribution in [2.24, 2.45) is 5.41 Å². The van der Waals surface area contributed by atoms with E-state index in [0.29, 0.717) is 38.9 Å². The number of H-pyrrole nitrogens is 1. The molecule has 2 aliphatic heterocycles. The van der Waals surface area contributed by atoms with E-state index in [1.54, 1.807) is 17.0 Å². The number of rotatable bonds is 4. The van der Waals surface area contributed by atoms with Crippen LogP contribution in [0.2, 0.25) is 0 Å². The van der Waals surface area contributed by atoms with Crippen molar-refractivity contribution in [3.05, 3.63) is 54.1 Å². The first-order valence-corrected chi connectivity index (χ1v) is 9.01. The summed E-state index contributed by atoms with van der Waals surface area (Å²) < 4.78 is 13.1. The predicted octanol–water partition coefficient (Wildman–Crippen LogP) is 2.74. The van der Waals surface area contributed by atoms with Crippen molar-refractivity contribution in [3.63, 3.8) is 0 Å². The molecule has 0 radical (unpaired) electrons. The van der Waals surface area contributed by atoms with Gasteiger partial charge in [-0.1, -0.05) is 0 Å². The number of nitrogens with one attached hydrogen (secondary N) is 1. The molecule has 3 heterocycles. The maximum Gasteiger partial charge on any atom is 0.227 e. The van der Waals surface area contributed by atoms with Gasteiger partial charge >= 0.3 is 0 Å². The van der Waals surface area contributed by atoms with Crippen LogP contribution in [0.1, 0.15) is 25.0 Å². The van der Waals surface area contributed by atoms with Gasteiger partial charge in [-0.15, -0.1) is 0 Å². The lowest BCUT2D eigenvalue weighted by Crippen LogP contribution is -2.34. The van der Waals surface area contributed by atoms with Gasteiger partial charge in [-0.25, -0.2) is 4.39 Å². The number of likely N-dealkylation sites (tertiary alicyclic amines) is 1. The van der Waals surface area contributed by atoms with E-state index in [9.17, 15) is 14.0 Å². The van der Waals surface area contributed by atoms with Crippen molar-refractivity contribution in [3.8, 4) is 0 Å². The van der Waals surface area contributed by atoms with E-state index in [1.165, 1.54) is 12.1 Å². The zero-order chi connectivity index (χ0) is 18.1. The van der Waals surface area contributed by atoms with Crippen LogP contribution in [0.5, 0.6) is 0 Å². The highest BCUT2D eigenvalue weighted by molar-refractivity contribution is 5.96. The first kappa shape index (κ1) is 16.8. The van der Waals surface area contributed by atoms with Gasteiger partial charge in [0.2, 0.25) is 11.8 Å². The summed E-state index contributed by atoms with van der Waals surface area (Å²) >= 11 is 0. The molecule has 4 rings (SSSR count). The van der Waals surface area contributed by atoms with Gasteiger partial charge in [0, 0.05) is 55.5 Å². The molecule has 6 heteroatoms. The van der Waals surface area contributed by atoms with Crippen LogP contribution in [-0.4, -0.2) is 41.3 Å². The number of benzene rings is 1. The van der Waals surface area contributed by atoms with Gasteiger partial charge in [0.05, 0.1) is 0 Å². The number of halogens is 1. The van der Waals surface area contributed by atoms with Crippen molar-refractivity contribution in [2.45, 2.75) is 25.7 Å². The second kappa shape index (κ2) is 6.59. The van der Waals surface area contributed by atoms with Gasteiger partial charge in [-0.3, -0.25) is 9.59 Å². The van der Waals surface area contributed by atoms with Gasteiger partial charge in [0.15, 0.2) is 0 Å². The Morgan fingerprint density at radius 1 is 1.19 bits per heavy atom. The van der Waals surface area contributed by atoms with Crippen molar-refractivity contribution < 1.29 is 14.0 Å². The molecule has 2 aromatic rings. The molecule has 0 bridgehead atoms. The second-order valence-electron chi connectivity index (χ2n) is 7.39. The highest BCUT2D eigenvalue weighted by Crippen LogP contribution is 2.42. The van der Waals surface area contributed by atoms with E-state index in [0.717, 1.165) is 17.8 Å². The maximum absolute atomic E-state index is 13.1. The molecule has 136 valence electrons. The molecular weight excluding hydrogens is 333 g/mol. The summed E-state index contributed by atoms with van der Waals surface area (Å²) in [6.07, 6.45) is 4.33. The van der Waals surface area contributed by atoms with E-state index in [1.807, 2.05) is 23.2 Å². The summed E-state index contributed by atoms with van der Waals surface area (Å²) in [5.41, 5.74) is 1.61. The van der Waals surface area contributed by atoms with Crippen LogP contribution >= 0.6 is 0 Å². The molecule has 1 aromatic carbocycles. The maximum atomic E-state index is 13.1. The number of carbonyl (C=O) groups is 2. The fourth-order valence-corrected chi connectivity index (χ4v) is 4.10. The van der Waals surface area contributed by atoms with Crippen LogP contribution in [0.3, 0.4) is 0 Å². The number of aromatic nitrogens is 1. The monoisotopic (exact) mass is 355 g/mol. The lowest BCUT2D eigenvalue weighted by Gasteiger charge is -2.24. The third-order valence-corrected chi connectivity index (χ3v) is 5.52. The van der Waals surface area contributed by atoms with Crippen LogP contribution in [0.25, 0.3) is 0 Å². The van der Waals surface area contributed by atoms with Crippen molar-refractivity contribution >= 4 is 17.5 Å². The van der Waals surface area contributed by atoms with Crippen molar-refractivity contribution in [2.75, 3.05) is 24.5 Å². The van der Waals surface area contributed by atoms with Crippen LogP contribution in [-0.2, 0) is 16.0 Å². The molecule has 2 saturated heterocycles. The molecule has 1 N–H and O–H groups in total. The summed E-state index contributed by atoms with van der Waals surface area (Å²) in [7, 11) is 0. The van der Waals surface area contributed by atoms with Gasteiger partial charge < -0.3 is 14.8 Å². The summed E-state index contributed by atoms with van der Waals surface area (Å²) in [5.74, 6) is -0.115. The number of anilines is 1. The lowest BCUT2D eigenvalue weighted by atomic mass is 9.86. The molecule has 2 aliphatic rings. The third-order valence-electron chi connectivity index (χ3n) is 5.52. The van der Waals surface area contributed by atoms with E-state index in [4.69, 9.17) is 0 Å². The Bertz CT molecular complexity index is 803. The van der Waals surface area contributed by atoms with E-state index >= 15 is 0 Å². The first-order valence-electron chi connectivity index (χ1n) is 9.01. The van der Waals surface area contributed by atoms with Gasteiger partial charge in [-0.2, -0.15) is 0 Å². The molecule has 1 aromatic heterocycles.